The van der Waals surface area contributed by atoms with Gasteiger partial charge in [-0.1, -0.05) is 104 Å². The number of benzene rings is 4. The van der Waals surface area contributed by atoms with Crippen molar-refractivity contribution in [3.05, 3.63) is 143 Å². The number of carbonyl (C=O) groups excluding carboxylic acids is 1. The summed E-state index contributed by atoms with van der Waals surface area (Å²) in [5.74, 6) is 1.40. The number of allylic oxidation sites excluding steroid dienone is 1. The zero-order chi connectivity index (χ0) is 29.4. The number of Topliss-reactive ketones (excluding diaryl/α,β-unsaturated/α-hetero) is 1. The first-order valence-corrected chi connectivity index (χ1v) is 15.2. The Labute approximate surface area is 251 Å². The minimum Gasteiger partial charge on any atom is -0.493 e. The summed E-state index contributed by atoms with van der Waals surface area (Å²) in [5, 5.41) is 9.18. The number of ketones is 1. The second-order valence-electron chi connectivity index (χ2n) is 10.8. The molecule has 0 radical (unpaired) electrons. The fourth-order valence-electron chi connectivity index (χ4n) is 5.12. The molecule has 3 nitrogen and oxygen atoms in total. The Morgan fingerprint density at radius 1 is 0.786 bits per heavy atom. The molecule has 4 aromatic carbocycles. The van der Waals surface area contributed by atoms with Crippen LogP contribution in [0.4, 0.5) is 0 Å². The molecule has 0 aliphatic heterocycles. The molecule has 3 heteroatoms. The van der Waals surface area contributed by atoms with E-state index < -0.39 is 0 Å². The number of nitrogens with zero attached hydrogens (tertiary/aromatic N) is 1. The predicted molar refractivity (Wildman–Crippen MR) is 173 cm³/mol. The van der Waals surface area contributed by atoms with E-state index in [0.717, 1.165) is 55.4 Å². The maximum Gasteiger partial charge on any atom is 0.162 e. The third kappa shape index (κ3) is 9.89. The third-order valence-electron chi connectivity index (χ3n) is 7.66. The molecule has 0 aliphatic carbocycles. The van der Waals surface area contributed by atoms with Crippen molar-refractivity contribution < 1.29 is 9.53 Å². The molecule has 1 atom stereocenters. The number of para-hydroxylation sites is 1. The molecule has 1 unspecified atom stereocenters. The SMILES string of the molecule is CCC(=O)c1ccc(CCC(/C=C/c2ccccc2OCCCCCc2ccccc2)Cc2ccc(C#N)cc2)cc1. The van der Waals surface area contributed by atoms with Gasteiger partial charge in [-0.05, 0) is 85.8 Å². The minimum absolute atomic E-state index is 0.177. The monoisotopic (exact) mass is 555 g/mol. The van der Waals surface area contributed by atoms with Crippen molar-refractivity contribution in [1.29, 1.82) is 5.26 Å². The normalized spacial score (nSPS) is 11.7. The van der Waals surface area contributed by atoms with Gasteiger partial charge in [-0.25, -0.2) is 0 Å². The van der Waals surface area contributed by atoms with Gasteiger partial charge in [-0.2, -0.15) is 5.26 Å². The highest BCUT2D eigenvalue weighted by atomic mass is 16.5. The van der Waals surface area contributed by atoms with Crippen LogP contribution in [0.15, 0.2) is 109 Å². The minimum atomic E-state index is 0.177. The maximum atomic E-state index is 12.0. The van der Waals surface area contributed by atoms with Crippen molar-refractivity contribution in [1.82, 2.24) is 0 Å². The smallest absolute Gasteiger partial charge is 0.162 e. The number of unbranched alkanes of at least 4 members (excludes halogenated alkanes) is 2. The van der Waals surface area contributed by atoms with E-state index in [9.17, 15) is 10.1 Å². The molecule has 4 aromatic rings. The Morgan fingerprint density at radius 2 is 1.48 bits per heavy atom. The van der Waals surface area contributed by atoms with Crippen molar-refractivity contribution in [3.63, 3.8) is 0 Å². The second kappa shape index (κ2) is 16.7. The van der Waals surface area contributed by atoms with E-state index >= 15 is 0 Å². The summed E-state index contributed by atoms with van der Waals surface area (Å²) >= 11 is 0. The van der Waals surface area contributed by atoms with Gasteiger partial charge in [0.1, 0.15) is 5.75 Å². The first-order valence-electron chi connectivity index (χ1n) is 15.2. The zero-order valence-corrected chi connectivity index (χ0v) is 24.7. The lowest BCUT2D eigenvalue weighted by Gasteiger charge is -2.15. The largest absolute Gasteiger partial charge is 0.493 e. The number of hydrogen-bond donors (Lipinski definition) is 0. The van der Waals surface area contributed by atoms with Crippen molar-refractivity contribution in [2.45, 2.75) is 58.3 Å². The molecular formula is C39H41NO2. The van der Waals surface area contributed by atoms with Crippen molar-refractivity contribution in [2.75, 3.05) is 6.61 Å². The van der Waals surface area contributed by atoms with Crippen LogP contribution in [-0.2, 0) is 19.3 Å². The first kappa shape index (κ1) is 30.5. The number of aryl methyl sites for hydroxylation is 2. The molecule has 0 spiro atoms. The molecule has 0 aliphatic rings. The predicted octanol–water partition coefficient (Wildman–Crippen LogP) is 9.45. The standard InChI is InChI=1S/C39H41NO2/c1-2-38(41)36-25-22-32(23-26-36)16-17-34(29-33-18-20-35(30-40)21-19-33)24-27-37-14-8-9-15-39(37)42-28-10-4-7-13-31-11-5-3-6-12-31/h3,5-6,8-9,11-12,14-15,18-27,34H,2,4,7,10,13,16-17,28-29H2,1H3/b27-24+. The Balaban J connectivity index is 1.37. The van der Waals surface area contributed by atoms with Crippen LogP contribution < -0.4 is 4.74 Å². The molecule has 4 rings (SSSR count). The second-order valence-corrected chi connectivity index (χ2v) is 10.8. The molecule has 0 amide bonds. The zero-order valence-electron chi connectivity index (χ0n) is 24.7. The van der Waals surface area contributed by atoms with Gasteiger partial charge in [0.15, 0.2) is 5.78 Å². The molecule has 0 saturated heterocycles. The van der Waals surface area contributed by atoms with Gasteiger partial charge >= 0.3 is 0 Å². The number of nitriles is 1. The lowest BCUT2D eigenvalue weighted by molar-refractivity contribution is 0.0988. The Morgan fingerprint density at radius 3 is 2.21 bits per heavy atom. The molecule has 0 fully saturated rings. The Hall–Kier alpha value is -4.42. The van der Waals surface area contributed by atoms with Crippen LogP contribution in [0.3, 0.4) is 0 Å². The molecule has 0 bridgehead atoms. The van der Waals surface area contributed by atoms with Gasteiger partial charge in [0.05, 0.1) is 18.2 Å². The fraction of sp³-hybridized carbons (Fsp3) is 0.282. The van der Waals surface area contributed by atoms with E-state index in [1.54, 1.807) is 0 Å². The van der Waals surface area contributed by atoms with Crippen LogP contribution in [0.5, 0.6) is 5.75 Å². The lowest BCUT2D eigenvalue weighted by Crippen LogP contribution is -2.04. The third-order valence-corrected chi connectivity index (χ3v) is 7.66. The summed E-state index contributed by atoms with van der Waals surface area (Å²) in [6, 6.07) is 37.1. The fourth-order valence-corrected chi connectivity index (χ4v) is 5.12. The highest BCUT2D eigenvalue weighted by Gasteiger charge is 2.10. The highest BCUT2D eigenvalue weighted by Crippen LogP contribution is 2.24. The van der Waals surface area contributed by atoms with Crippen LogP contribution in [0.1, 0.15) is 77.2 Å². The number of ether oxygens (including phenoxy) is 1. The summed E-state index contributed by atoms with van der Waals surface area (Å²) in [7, 11) is 0. The molecule has 0 heterocycles. The summed E-state index contributed by atoms with van der Waals surface area (Å²) in [6.45, 7) is 2.61. The van der Waals surface area contributed by atoms with Crippen LogP contribution in [0, 0.1) is 17.2 Å². The van der Waals surface area contributed by atoms with E-state index in [0.29, 0.717) is 24.5 Å². The first-order chi connectivity index (χ1) is 20.6. The molecule has 214 valence electrons. The van der Waals surface area contributed by atoms with Crippen molar-refractivity contribution >= 4 is 11.9 Å². The molecule has 0 N–H and O–H groups in total. The van der Waals surface area contributed by atoms with E-state index in [1.807, 2.05) is 37.3 Å². The number of rotatable bonds is 16. The van der Waals surface area contributed by atoms with Gasteiger partial charge in [-0.15, -0.1) is 0 Å². The van der Waals surface area contributed by atoms with E-state index in [4.69, 9.17) is 4.74 Å². The Bertz CT molecular complexity index is 1450. The van der Waals surface area contributed by atoms with Crippen LogP contribution in [0.2, 0.25) is 0 Å². The van der Waals surface area contributed by atoms with Gasteiger partial charge in [0.2, 0.25) is 0 Å². The highest BCUT2D eigenvalue weighted by molar-refractivity contribution is 5.95. The quantitative estimate of drug-likeness (QED) is 0.102. The number of carbonyl (C=O) groups is 1. The van der Waals surface area contributed by atoms with Crippen LogP contribution in [-0.4, -0.2) is 12.4 Å². The van der Waals surface area contributed by atoms with Crippen LogP contribution in [0.25, 0.3) is 6.08 Å². The van der Waals surface area contributed by atoms with E-state index in [2.05, 4.69) is 91.0 Å². The molecule has 0 aromatic heterocycles. The lowest BCUT2D eigenvalue weighted by atomic mass is 9.91. The van der Waals surface area contributed by atoms with E-state index in [-0.39, 0.29) is 5.78 Å². The van der Waals surface area contributed by atoms with Gasteiger partial charge in [0, 0.05) is 17.5 Å². The van der Waals surface area contributed by atoms with Crippen molar-refractivity contribution in [3.8, 4) is 11.8 Å². The topological polar surface area (TPSA) is 50.1 Å². The average molecular weight is 556 g/mol. The average Bonchev–Trinajstić information content (AvgIpc) is 3.05. The molecule has 0 saturated carbocycles. The van der Waals surface area contributed by atoms with Crippen molar-refractivity contribution in [2.24, 2.45) is 5.92 Å². The summed E-state index contributed by atoms with van der Waals surface area (Å²) in [6.07, 6.45) is 12.3. The summed E-state index contributed by atoms with van der Waals surface area (Å²) in [4.78, 5) is 12.0. The molecular weight excluding hydrogens is 514 g/mol. The van der Waals surface area contributed by atoms with Gasteiger partial charge in [0.25, 0.3) is 0 Å². The maximum absolute atomic E-state index is 12.0. The summed E-state index contributed by atoms with van der Waals surface area (Å²) in [5.41, 5.74) is 6.40. The van der Waals surface area contributed by atoms with E-state index in [1.165, 1.54) is 23.1 Å². The van der Waals surface area contributed by atoms with Crippen LogP contribution >= 0.6 is 0 Å². The van der Waals surface area contributed by atoms with Gasteiger partial charge < -0.3 is 4.74 Å². The summed E-state index contributed by atoms with van der Waals surface area (Å²) < 4.78 is 6.23. The number of hydrogen-bond acceptors (Lipinski definition) is 3. The molecule has 42 heavy (non-hydrogen) atoms. The van der Waals surface area contributed by atoms with Gasteiger partial charge in [-0.3, -0.25) is 4.79 Å². The Kier molecular flexibility index (Phi) is 12.2.